The Hall–Kier alpha value is 0.655. The zero-order chi connectivity index (χ0) is 9.35. The Bertz CT molecular complexity index is 165. The standard InChI is InChI=1S/C7H12BFOS2/c1-4-5(9)6(8)10-7(4,2-11)3-12/h4-6,11-12H,2-3H2,1H3/t4-,5?,6-/m1/s1. The van der Waals surface area contributed by atoms with Crippen LogP contribution in [0.2, 0.25) is 0 Å². The summed E-state index contributed by atoms with van der Waals surface area (Å²) in [6, 6.07) is -0.820. The highest BCUT2D eigenvalue weighted by Gasteiger charge is 2.49. The lowest BCUT2D eigenvalue weighted by atomic mass is 9.85. The van der Waals surface area contributed by atoms with Crippen molar-refractivity contribution in [3.63, 3.8) is 0 Å². The van der Waals surface area contributed by atoms with Gasteiger partial charge in [0.25, 0.3) is 0 Å². The summed E-state index contributed by atoms with van der Waals surface area (Å²) in [7, 11) is 5.43. The molecule has 0 aromatic rings. The fourth-order valence-corrected chi connectivity index (χ4v) is 2.56. The van der Waals surface area contributed by atoms with Crippen LogP contribution in [0, 0.1) is 5.92 Å². The fourth-order valence-electron chi connectivity index (χ4n) is 1.43. The Morgan fingerprint density at radius 3 is 2.17 bits per heavy atom. The van der Waals surface area contributed by atoms with Crippen LogP contribution in [0.5, 0.6) is 0 Å². The summed E-state index contributed by atoms with van der Waals surface area (Å²) in [4.78, 5) is 0. The first-order valence-electron chi connectivity index (χ1n) is 3.86. The van der Waals surface area contributed by atoms with Crippen molar-refractivity contribution in [1.82, 2.24) is 0 Å². The topological polar surface area (TPSA) is 9.23 Å². The highest BCUT2D eigenvalue weighted by Crippen LogP contribution is 2.38. The monoisotopic (exact) mass is 206 g/mol. The lowest BCUT2D eigenvalue weighted by Gasteiger charge is -2.29. The molecule has 1 aliphatic rings. The first-order valence-corrected chi connectivity index (χ1v) is 5.13. The summed E-state index contributed by atoms with van der Waals surface area (Å²) < 4.78 is 18.6. The minimum absolute atomic E-state index is 0.234. The van der Waals surface area contributed by atoms with Crippen LogP contribution in [0.15, 0.2) is 0 Å². The van der Waals surface area contributed by atoms with Crippen LogP contribution in [0.4, 0.5) is 4.39 Å². The Morgan fingerprint density at radius 1 is 1.50 bits per heavy atom. The summed E-state index contributed by atoms with van der Waals surface area (Å²) in [6.07, 6.45) is -1.11. The van der Waals surface area contributed by atoms with E-state index in [4.69, 9.17) is 12.6 Å². The number of hydrogen-bond acceptors (Lipinski definition) is 3. The molecule has 0 aromatic heterocycles. The number of alkyl halides is 1. The Morgan fingerprint density at radius 2 is 2.00 bits per heavy atom. The van der Waals surface area contributed by atoms with Crippen molar-refractivity contribution >= 4 is 33.1 Å². The van der Waals surface area contributed by atoms with Gasteiger partial charge in [-0.15, -0.1) is 0 Å². The van der Waals surface area contributed by atoms with Crippen LogP contribution >= 0.6 is 25.3 Å². The van der Waals surface area contributed by atoms with Crippen molar-refractivity contribution in [2.24, 2.45) is 5.92 Å². The van der Waals surface area contributed by atoms with Crippen molar-refractivity contribution < 1.29 is 9.13 Å². The van der Waals surface area contributed by atoms with Crippen LogP contribution in [0.1, 0.15) is 6.92 Å². The lowest BCUT2D eigenvalue weighted by Crippen LogP contribution is -2.40. The average molecular weight is 206 g/mol. The molecule has 5 heteroatoms. The fraction of sp³-hybridized carbons (Fsp3) is 1.00. The van der Waals surface area contributed by atoms with E-state index in [0.717, 1.165) is 0 Å². The summed E-state index contributed by atoms with van der Waals surface area (Å²) in [5, 5.41) is 0. The van der Waals surface area contributed by atoms with Gasteiger partial charge in [-0.05, 0) is 0 Å². The zero-order valence-corrected chi connectivity index (χ0v) is 8.69. The van der Waals surface area contributed by atoms with Gasteiger partial charge < -0.3 is 4.74 Å². The largest absolute Gasteiger partial charge is 0.376 e. The number of ether oxygens (including phenoxy) is 1. The van der Waals surface area contributed by atoms with Crippen LogP contribution in [-0.4, -0.2) is 37.1 Å². The second-order valence-corrected chi connectivity index (χ2v) is 3.83. The molecule has 0 saturated carbocycles. The maximum Gasteiger partial charge on any atom is 0.123 e. The van der Waals surface area contributed by atoms with E-state index in [1.54, 1.807) is 6.92 Å². The molecule has 0 amide bonds. The minimum Gasteiger partial charge on any atom is -0.376 e. The third-order valence-electron chi connectivity index (χ3n) is 2.53. The van der Waals surface area contributed by atoms with E-state index in [-0.39, 0.29) is 5.92 Å². The maximum atomic E-state index is 13.3. The van der Waals surface area contributed by atoms with Gasteiger partial charge >= 0.3 is 0 Å². The predicted molar refractivity (Wildman–Crippen MR) is 55.1 cm³/mol. The van der Waals surface area contributed by atoms with E-state index in [0.29, 0.717) is 11.5 Å². The lowest BCUT2D eigenvalue weighted by molar-refractivity contribution is 0.00768. The molecule has 0 N–H and O–H groups in total. The highest BCUT2D eigenvalue weighted by molar-refractivity contribution is 7.81. The van der Waals surface area contributed by atoms with Gasteiger partial charge in [0.15, 0.2) is 0 Å². The van der Waals surface area contributed by atoms with E-state index >= 15 is 0 Å². The second-order valence-electron chi connectivity index (χ2n) is 3.20. The molecule has 68 valence electrons. The van der Waals surface area contributed by atoms with Gasteiger partial charge in [0.1, 0.15) is 14.0 Å². The SMILES string of the molecule is [B][C@@H]1OC(CS)(CS)[C@H](C)C1F. The molecule has 1 nitrogen and oxygen atoms in total. The van der Waals surface area contributed by atoms with E-state index in [1.807, 2.05) is 0 Å². The third-order valence-corrected chi connectivity index (χ3v) is 3.60. The summed E-state index contributed by atoms with van der Waals surface area (Å²) in [6.45, 7) is 1.78. The number of thiol groups is 2. The Kier molecular flexibility index (Phi) is 3.40. The number of rotatable bonds is 2. The van der Waals surface area contributed by atoms with E-state index in [1.165, 1.54) is 0 Å². The van der Waals surface area contributed by atoms with Crippen LogP contribution in [0.3, 0.4) is 0 Å². The molecule has 1 fully saturated rings. The summed E-state index contributed by atoms with van der Waals surface area (Å²) >= 11 is 8.25. The van der Waals surface area contributed by atoms with Crippen molar-refractivity contribution in [2.75, 3.05) is 11.5 Å². The molecule has 1 heterocycles. The van der Waals surface area contributed by atoms with Crippen LogP contribution in [-0.2, 0) is 4.74 Å². The van der Waals surface area contributed by atoms with Crippen molar-refractivity contribution in [1.29, 1.82) is 0 Å². The molecule has 3 atom stereocenters. The zero-order valence-electron chi connectivity index (χ0n) is 6.90. The summed E-state index contributed by atoms with van der Waals surface area (Å²) in [5.74, 6) is 0.667. The molecule has 0 aromatic carbocycles. The van der Waals surface area contributed by atoms with Crippen molar-refractivity contribution in [3.8, 4) is 0 Å². The van der Waals surface area contributed by atoms with E-state index in [9.17, 15) is 4.39 Å². The van der Waals surface area contributed by atoms with E-state index in [2.05, 4.69) is 25.3 Å². The second kappa shape index (κ2) is 3.80. The van der Waals surface area contributed by atoms with Crippen LogP contribution in [0.25, 0.3) is 0 Å². The third kappa shape index (κ3) is 1.51. The van der Waals surface area contributed by atoms with Gasteiger partial charge in [0, 0.05) is 23.4 Å². The number of halogens is 1. The molecule has 1 aliphatic heterocycles. The Labute approximate surface area is 84.7 Å². The molecule has 0 aliphatic carbocycles. The molecule has 0 bridgehead atoms. The maximum absolute atomic E-state index is 13.3. The highest BCUT2D eigenvalue weighted by atomic mass is 32.1. The quantitative estimate of drug-likeness (QED) is 0.507. The molecular weight excluding hydrogens is 194 g/mol. The molecule has 2 radical (unpaired) electrons. The van der Waals surface area contributed by atoms with E-state index < -0.39 is 17.8 Å². The average Bonchev–Trinajstić information content (AvgIpc) is 2.30. The molecule has 1 rings (SSSR count). The molecular formula is C7H12BFOS2. The molecule has 12 heavy (non-hydrogen) atoms. The van der Waals surface area contributed by atoms with Gasteiger partial charge in [0.05, 0.1) is 5.60 Å². The van der Waals surface area contributed by atoms with Crippen molar-refractivity contribution in [2.45, 2.75) is 24.7 Å². The number of hydrogen-bond donors (Lipinski definition) is 2. The van der Waals surface area contributed by atoms with Gasteiger partial charge in [-0.25, -0.2) is 4.39 Å². The van der Waals surface area contributed by atoms with Gasteiger partial charge in [0.2, 0.25) is 0 Å². The van der Waals surface area contributed by atoms with Gasteiger partial charge in [-0.1, -0.05) is 6.92 Å². The molecule has 1 saturated heterocycles. The minimum atomic E-state index is -1.11. The first-order chi connectivity index (χ1) is 5.57. The van der Waals surface area contributed by atoms with Crippen LogP contribution < -0.4 is 0 Å². The van der Waals surface area contributed by atoms with Crippen molar-refractivity contribution in [3.05, 3.63) is 0 Å². The normalized spacial score (nSPS) is 40.2. The predicted octanol–water partition coefficient (Wildman–Crippen LogP) is 1.08. The summed E-state index contributed by atoms with van der Waals surface area (Å²) in [5.41, 5.74) is -0.592. The smallest absolute Gasteiger partial charge is 0.123 e. The molecule has 1 unspecified atom stereocenters. The van der Waals surface area contributed by atoms with Gasteiger partial charge in [-0.2, -0.15) is 25.3 Å². The molecule has 0 spiro atoms. The Balaban J connectivity index is 2.79. The first kappa shape index (κ1) is 10.7. The van der Waals surface area contributed by atoms with Gasteiger partial charge in [-0.3, -0.25) is 0 Å².